The van der Waals surface area contributed by atoms with Gasteiger partial charge in [0.2, 0.25) is 5.82 Å². The summed E-state index contributed by atoms with van der Waals surface area (Å²) < 4.78 is 5.29. The predicted octanol–water partition coefficient (Wildman–Crippen LogP) is 2.05. The minimum Gasteiger partial charge on any atom is -0.473 e. The van der Waals surface area contributed by atoms with Crippen LogP contribution in [0.5, 0.6) is 5.88 Å². The van der Waals surface area contributed by atoms with Gasteiger partial charge in [-0.2, -0.15) is 4.98 Å². The van der Waals surface area contributed by atoms with Crippen molar-refractivity contribution in [3.05, 3.63) is 15.9 Å². The first-order valence-corrected chi connectivity index (χ1v) is 5.72. The highest BCUT2D eigenvalue weighted by molar-refractivity contribution is 5.59. The Morgan fingerprint density at radius 2 is 2.00 bits per heavy atom. The summed E-state index contributed by atoms with van der Waals surface area (Å²) in [5.74, 6) is 0.210. The van der Waals surface area contributed by atoms with Crippen molar-refractivity contribution in [2.75, 3.05) is 12.3 Å². The zero-order chi connectivity index (χ0) is 13.9. The van der Waals surface area contributed by atoms with Gasteiger partial charge in [-0.3, -0.25) is 10.1 Å². The summed E-state index contributed by atoms with van der Waals surface area (Å²) in [6.45, 7) is 7.95. The molecule has 0 unspecified atom stereocenters. The summed E-state index contributed by atoms with van der Waals surface area (Å²) in [5.41, 5.74) is 4.90. The average molecular weight is 254 g/mol. The standard InChI is InChI=1S/C11H18N4O3/c1-5-6-18-9-7(15(16)17)8(12)13-10(14-9)11(2,3)4/h5-6H2,1-4H3,(H2,12,13,14). The monoisotopic (exact) mass is 254 g/mol. The molecule has 0 saturated heterocycles. The van der Waals surface area contributed by atoms with Gasteiger partial charge in [0, 0.05) is 5.41 Å². The molecule has 0 aromatic carbocycles. The van der Waals surface area contributed by atoms with Crippen molar-refractivity contribution >= 4 is 11.5 Å². The molecule has 18 heavy (non-hydrogen) atoms. The minimum atomic E-state index is -0.618. The molecule has 7 heteroatoms. The van der Waals surface area contributed by atoms with Gasteiger partial charge in [-0.05, 0) is 6.42 Å². The van der Waals surface area contributed by atoms with Crippen LogP contribution < -0.4 is 10.5 Å². The molecule has 1 aromatic heterocycles. The van der Waals surface area contributed by atoms with E-state index in [1.165, 1.54) is 0 Å². The van der Waals surface area contributed by atoms with Gasteiger partial charge in [0.15, 0.2) is 0 Å². The molecule has 0 saturated carbocycles. The van der Waals surface area contributed by atoms with Crippen molar-refractivity contribution in [2.24, 2.45) is 0 Å². The van der Waals surface area contributed by atoms with Gasteiger partial charge in [-0.15, -0.1) is 0 Å². The van der Waals surface area contributed by atoms with Crippen LogP contribution >= 0.6 is 0 Å². The van der Waals surface area contributed by atoms with Gasteiger partial charge in [-0.25, -0.2) is 4.98 Å². The third-order valence-corrected chi connectivity index (χ3v) is 2.18. The largest absolute Gasteiger partial charge is 0.473 e. The number of nitrogen functional groups attached to an aromatic ring is 1. The molecule has 0 spiro atoms. The van der Waals surface area contributed by atoms with Gasteiger partial charge in [0.25, 0.3) is 5.88 Å². The Hall–Kier alpha value is -1.92. The minimum absolute atomic E-state index is 0.0562. The molecule has 1 aromatic rings. The topological polar surface area (TPSA) is 104 Å². The maximum atomic E-state index is 10.9. The fraction of sp³-hybridized carbons (Fsp3) is 0.636. The van der Waals surface area contributed by atoms with E-state index in [2.05, 4.69) is 9.97 Å². The highest BCUT2D eigenvalue weighted by Crippen LogP contribution is 2.32. The number of nitrogens with zero attached hydrogens (tertiary/aromatic N) is 3. The van der Waals surface area contributed by atoms with Crippen molar-refractivity contribution in [1.29, 1.82) is 0 Å². The van der Waals surface area contributed by atoms with Crippen molar-refractivity contribution in [1.82, 2.24) is 9.97 Å². The number of anilines is 1. The highest BCUT2D eigenvalue weighted by Gasteiger charge is 2.28. The second-order valence-electron chi connectivity index (χ2n) is 4.94. The summed E-state index contributed by atoms with van der Waals surface area (Å²) >= 11 is 0. The number of rotatable bonds is 4. The SMILES string of the molecule is CCCOc1nc(C(C)(C)C)nc(N)c1[N+](=O)[O-]. The second kappa shape index (κ2) is 5.16. The Balaban J connectivity index is 3.32. The zero-order valence-corrected chi connectivity index (χ0v) is 11.1. The Morgan fingerprint density at radius 1 is 1.39 bits per heavy atom. The third kappa shape index (κ3) is 3.06. The number of nitrogens with two attached hydrogens (primary N) is 1. The van der Waals surface area contributed by atoms with Crippen molar-refractivity contribution < 1.29 is 9.66 Å². The van der Waals surface area contributed by atoms with E-state index in [4.69, 9.17) is 10.5 Å². The fourth-order valence-corrected chi connectivity index (χ4v) is 1.26. The van der Waals surface area contributed by atoms with Crippen molar-refractivity contribution in [2.45, 2.75) is 39.5 Å². The van der Waals surface area contributed by atoms with Gasteiger partial charge < -0.3 is 10.5 Å². The lowest BCUT2D eigenvalue weighted by Gasteiger charge is -2.17. The lowest BCUT2D eigenvalue weighted by atomic mass is 9.96. The van der Waals surface area contributed by atoms with E-state index < -0.39 is 4.92 Å². The van der Waals surface area contributed by atoms with E-state index in [0.29, 0.717) is 12.4 Å². The normalized spacial score (nSPS) is 11.3. The molecule has 0 bridgehead atoms. The van der Waals surface area contributed by atoms with E-state index in [-0.39, 0.29) is 22.8 Å². The van der Waals surface area contributed by atoms with Crippen LogP contribution in [0.3, 0.4) is 0 Å². The van der Waals surface area contributed by atoms with Crippen LogP contribution in [0.2, 0.25) is 0 Å². The van der Waals surface area contributed by atoms with Gasteiger partial charge in [-0.1, -0.05) is 27.7 Å². The maximum Gasteiger partial charge on any atom is 0.372 e. The number of hydrogen-bond donors (Lipinski definition) is 1. The third-order valence-electron chi connectivity index (χ3n) is 2.18. The Bertz CT molecular complexity index is 454. The summed E-state index contributed by atoms with van der Waals surface area (Å²) in [7, 11) is 0. The second-order valence-corrected chi connectivity index (χ2v) is 4.94. The van der Waals surface area contributed by atoms with Gasteiger partial charge in [0.05, 0.1) is 11.5 Å². The molecule has 0 aliphatic carbocycles. The van der Waals surface area contributed by atoms with Crippen LogP contribution in [-0.2, 0) is 5.41 Å². The summed E-state index contributed by atoms with van der Waals surface area (Å²) in [4.78, 5) is 18.4. The average Bonchev–Trinajstić information content (AvgIpc) is 2.23. The molecule has 7 nitrogen and oxygen atoms in total. The highest BCUT2D eigenvalue weighted by atomic mass is 16.6. The quantitative estimate of drug-likeness (QED) is 0.651. The van der Waals surface area contributed by atoms with E-state index in [1.807, 2.05) is 27.7 Å². The summed E-state index contributed by atoms with van der Waals surface area (Å²) in [5, 5.41) is 10.9. The first-order valence-electron chi connectivity index (χ1n) is 5.72. The molecule has 0 fully saturated rings. The van der Waals surface area contributed by atoms with Crippen LogP contribution in [0.1, 0.15) is 39.9 Å². The maximum absolute atomic E-state index is 10.9. The molecule has 0 aliphatic rings. The van der Waals surface area contributed by atoms with E-state index in [1.54, 1.807) is 0 Å². The lowest BCUT2D eigenvalue weighted by Crippen LogP contribution is -2.19. The number of nitro groups is 1. The number of ether oxygens (including phenoxy) is 1. The molecular formula is C11H18N4O3. The first kappa shape index (κ1) is 14.1. The van der Waals surface area contributed by atoms with Gasteiger partial charge >= 0.3 is 5.69 Å². The fourth-order valence-electron chi connectivity index (χ4n) is 1.26. The molecular weight excluding hydrogens is 236 g/mol. The van der Waals surface area contributed by atoms with Crippen LogP contribution in [0.25, 0.3) is 0 Å². The first-order chi connectivity index (χ1) is 8.27. The zero-order valence-electron chi connectivity index (χ0n) is 11.1. The van der Waals surface area contributed by atoms with Crippen LogP contribution in [0.15, 0.2) is 0 Å². The molecule has 0 atom stereocenters. The Morgan fingerprint density at radius 3 is 2.44 bits per heavy atom. The van der Waals surface area contributed by atoms with Crippen molar-refractivity contribution in [3.63, 3.8) is 0 Å². The summed E-state index contributed by atoms with van der Waals surface area (Å²) in [6, 6.07) is 0. The lowest BCUT2D eigenvalue weighted by molar-refractivity contribution is -0.385. The number of aromatic nitrogens is 2. The smallest absolute Gasteiger partial charge is 0.372 e. The number of hydrogen-bond acceptors (Lipinski definition) is 6. The van der Waals surface area contributed by atoms with E-state index >= 15 is 0 Å². The molecule has 0 radical (unpaired) electrons. The molecule has 100 valence electrons. The van der Waals surface area contributed by atoms with E-state index in [0.717, 1.165) is 6.42 Å². The Labute approximate surface area is 106 Å². The molecule has 1 heterocycles. The predicted molar refractivity (Wildman–Crippen MR) is 67.6 cm³/mol. The van der Waals surface area contributed by atoms with Crippen LogP contribution in [0.4, 0.5) is 11.5 Å². The van der Waals surface area contributed by atoms with Gasteiger partial charge in [0.1, 0.15) is 5.82 Å². The Kier molecular flexibility index (Phi) is 4.05. The van der Waals surface area contributed by atoms with Crippen LogP contribution in [0, 0.1) is 10.1 Å². The molecule has 0 amide bonds. The molecule has 0 aliphatic heterocycles. The molecule has 1 rings (SSSR count). The van der Waals surface area contributed by atoms with E-state index in [9.17, 15) is 10.1 Å². The summed E-state index contributed by atoms with van der Waals surface area (Å²) in [6.07, 6.45) is 0.728. The van der Waals surface area contributed by atoms with Crippen LogP contribution in [-0.4, -0.2) is 21.5 Å². The van der Waals surface area contributed by atoms with Crippen molar-refractivity contribution in [3.8, 4) is 5.88 Å². The molecule has 2 N–H and O–H groups in total.